The lowest BCUT2D eigenvalue weighted by Gasteiger charge is -2.06. The minimum absolute atomic E-state index is 0.995. The molecule has 0 aromatic heterocycles. The summed E-state index contributed by atoms with van der Waals surface area (Å²) in [5, 5.41) is 0. The van der Waals surface area contributed by atoms with E-state index >= 15 is 0 Å². The van der Waals surface area contributed by atoms with Gasteiger partial charge in [0, 0.05) is 0 Å². The maximum absolute atomic E-state index is 4.05. The van der Waals surface area contributed by atoms with Crippen LogP contribution >= 0.6 is 0 Å². The Bertz CT molecular complexity index is 135. The van der Waals surface area contributed by atoms with Gasteiger partial charge in [0.1, 0.15) is 0 Å². The van der Waals surface area contributed by atoms with Crippen molar-refractivity contribution >= 4 is 0 Å². The van der Waals surface area contributed by atoms with Gasteiger partial charge in [-0.1, -0.05) is 51.2 Å². The molecule has 1 saturated carbocycles. The zero-order valence-electron chi connectivity index (χ0n) is 8.44. The summed E-state index contributed by atoms with van der Waals surface area (Å²) >= 11 is 0. The molecule has 0 saturated heterocycles. The van der Waals surface area contributed by atoms with Gasteiger partial charge in [-0.2, -0.15) is 0 Å². The molecule has 70 valence electrons. The lowest BCUT2D eigenvalue weighted by Crippen LogP contribution is -1.92. The molecule has 0 heterocycles. The highest BCUT2D eigenvalue weighted by Crippen LogP contribution is 2.32. The zero-order valence-corrected chi connectivity index (χ0v) is 8.44. The molecule has 0 heteroatoms. The predicted molar refractivity (Wildman–Crippen MR) is 55.2 cm³/mol. The van der Waals surface area contributed by atoms with Crippen molar-refractivity contribution in [3.8, 4) is 0 Å². The van der Waals surface area contributed by atoms with Crippen LogP contribution in [0.1, 0.15) is 58.3 Å². The van der Waals surface area contributed by atoms with Gasteiger partial charge in [0.2, 0.25) is 0 Å². The van der Waals surface area contributed by atoms with Crippen LogP contribution in [0.2, 0.25) is 0 Å². The van der Waals surface area contributed by atoms with Crippen LogP contribution in [0.5, 0.6) is 0 Å². The van der Waals surface area contributed by atoms with Gasteiger partial charge < -0.3 is 0 Å². The van der Waals surface area contributed by atoms with E-state index in [1.807, 2.05) is 0 Å². The van der Waals surface area contributed by atoms with Gasteiger partial charge in [-0.3, -0.25) is 0 Å². The van der Waals surface area contributed by atoms with E-state index in [1.54, 1.807) is 0 Å². The molecule has 0 aliphatic heterocycles. The van der Waals surface area contributed by atoms with Crippen LogP contribution in [0, 0.1) is 5.92 Å². The third kappa shape index (κ3) is 3.42. The first kappa shape index (κ1) is 9.83. The quantitative estimate of drug-likeness (QED) is 0.421. The first-order valence-corrected chi connectivity index (χ1v) is 5.49. The Morgan fingerprint density at radius 1 is 1.33 bits per heavy atom. The maximum atomic E-state index is 4.05. The summed E-state index contributed by atoms with van der Waals surface area (Å²) in [6.07, 6.45) is 11.2. The predicted octanol–water partition coefficient (Wildman–Crippen LogP) is 4.31. The molecule has 0 N–H and O–H groups in total. The van der Waals surface area contributed by atoms with E-state index in [1.165, 1.54) is 56.9 Å². The molecule has 1 rings (SSSR count). The fraction of sp³-hybridized carbons (Fsp3) is 0.833. The summed E-state index contributed by atoms with van der Waals surface area (Å²) in [6.45, 7) is 6.32. The van der Waals surface area contributed by atoms with E-state index in [4.69, 9.17) is 0 Å². The van der Waals surface area contributed by atoms with Crippen LogP contribution in [0.15, 0.2) is 12.2 Å². The Kier molecular flexibility index (Phi) is 4.42. The highest BCUT2D eigenvalue weighted by atomic mass is 14.2. The third-order valence-electron chi connectivity index (χ3n) is 2.95. The van der Waals surface area contributed by atoms with E-state index in [0.717, 1.165) is 5.92 Å². The second-order valence-corrected chi connectivity index (χ2v) is 4.21. The van der Waals surface area contributed by atoms with Crippen molar-refractivity contribution in [1.29, 1.82) is 0 Å². The van der Waals surface area contributed by atoms with Crippen molar-refractivity contribution in [2.45, 2.75) is 58.3 Å². The van der Waals surface area contributed by atoms with Crippen molar-refractivity contribution in [1.82, 2.24) is 0 Å². The van der Waals surface area contributed by atoms with Crippen molar-refractivity contribution in [2.24, 2.45) is 5.92 Å². The summed E-state index contributed by atoms with van der Waals surface area (Å²) in [5.41, 5.74) is 1.50. The average Bonchev–Trinajstić information content (AvgIpc) is 2.45. The normalized spacial score (nSPS) is 23.4. The van der Waals surface area contributed by atoms with Gasteiger partial charge in [0.25, 0.3) is 0 Å². The molecule has 0 spiro atoms. The van der Waals surface area contributed by atoms with Crippen molar-refractivity contribution in [2.75, 3.05) is 0 Å². The fourth-order valence-corrected chi connectivity index (χ4v) is 2.13. The Balaban J connectivity index is 1.97. The third-order valence-corrected chi connectivity index (χ3v) is 2.95. The molecule has 1 unspecified atom stereocenters. The molecular formula is C12H22. The van der Waals surface area contributed by atoms with E-state index in [0.29, 0.717) is 0 Å². The van der Waals surface area contributed by atoms with E-state index < -0.39 is 0 Å². The van der Waals surface area contributed by atoms with Crippen LogP contribution in [-0.2, 0) is 0 Å². The second-order valence-electron chi connectivity index (χ2n) is 4.21. The molecule has 0 radical (unpaired) electrons. The maximum Gasteiger partial charge on any atom is -0.0294 e. The topological polar surface area (TPSA) is 0 Å². The molecule has 1 aliphatic carbocycles. The molecule has 12 heavy (non-hydrogen) atoms. The first-order chi connectivity index (χ1) is 5.83. The SMILES string of the molecule is C=C1CCC(CCCCCC)C1. The molecule has 0 bridgehead atoms. The van der Waals surface area contributed by atoms with Gasteiger partial charge in [0.05, 0.1) is 0 Å². The van der Waals surface area contributed by atoms with Gasteiger partial charge >= 0.3 is 0 Å². The summed E-state index contributed by atoms with van der Waals surface area (Å²) in [6, 6.07) is 0. The molecule has 1 atom stereocenters. The molecule has 0 amide bonds. The highest BCUT2D eigenvalue weighted by Gasteiger charge is 2.16. The molecule has 1 aliphatic rings. The molecular weight excluding hydrogens is 144 g/mol. The standard InChI is InChI=1S/C12H22/c1-3-4-5-6-7-12-9-8-11(2)10-12/h12H,2-10H2,1H3. The number of rotatable bonds is 5. The summed E-state index contributed by atoms with van der Waals surface area (Å²) < 4.78 is 0. The summed E-state index contributed by atoms with van der Waals surface area (Å²) in [4.78, 5) is 0. The number of hydrogen-bond acceptors (Lipinski definition) is 0. The van der Waals surface area contributed by atoms with Gasteiger partial charge in [0.15, 0.2) is 0 Å². The van der Waals surface area contributed by atoms with Gasteiger partial charge in [-0.05, 0) is 25.2 Å². The monoisotopic (exact) mass is 166 g/mol. The Morgan fingerprint density at radius 3 is 2.75 bits per heavy atom. The summed E-state index contributed by atoms with van der Waals surface area (Å²) in [7, 11) is 0. The van der Waals surface area contributed by atoms with Crippen molar-refractivity contribution < 1.29 is 0 Å². The molecule has 0 aromatic rings. The zero-order chi connectivity index (χ0) is 8.81. The lowest BCUT2D eigenvalue weighted by atomic mass is 9.99. The smallest absolute Gasteiger partial charge is 0.0294 e. The van der Waals surface area contributed by atoms with Crippen LogP contribution in [-0.4, -0.2) is 0 Å². The van der Waals surface area contributed by atoms with E-state index in [-0.39, 0.29) is 0 Å². The van der Waals surface area contributed by atoms with E-state index in [2.05, 4.69) is 13.5 Å². The fourth-order valence-electron chi connectivity index (χ4n) is 2.13. The Labute approximate surface area is 77.1 Å². The van der Waals surface area contributed by atoms with Crippen LogP contribution in [0.25, 0.3) is 0 Å². The lowest BCUT2D eigenvalue weighted by molar-refractivity contribution is 0.472. The number of allylic oxidation sites excluding steroid dienone is 1. The minimum atomic E-state index is 0.995. The van der Waals surface area contributed by atoms with Crippen LogP contribution in [0.3, 0.4) is 0 Å². The van der Waals surface area contributed by atoms with Crippen LogP contribution in [0.4, 0.5) is 0 Å². The number of hydrogen-bond donors (Lipinski definition) is 0. The molecule has 1 fully saturated rings. The van der Waals surface area contributed by atoms with E-state index in [9.17, 15) is 0 Å². The van der Waals surface area contributed by atoms with Crippen molar-refractivity contribution in [3.63, 3.8) is 0 Å². The molecule has 0 aromatic carbocycles. The average molecular weight is 166 g/mol. The number of unbranched alkanes of at least 4 members (excludes halogenated alkanes) is 3. The highest BCUT2D eigenvalue weighted by molar-refractivity contribution is 5.01. The first-order valence-electron chi connectivity index (χ1n) is 5.49. The van der Waals surface area contributed by atoms with Crippen LogP contribution < -0.4 is 0 Å². The largest absolute Gasteiger partial charge is 0.0999 e. The van der Waals surface area contributed by atoms with Gasteiger partial charge in [-0.25, -0.2) is 0 Å². The Hall–Kier alpha value is -0.260. The minimum Gasteiger partial charge on any atom is -0.0999 e. The second kappa shape index (κ2) is 5.40. The summed E-state index contributed by atoms with van der Waals surface area (Å²) in [5.74, 6) is 0.995. The molecule has 0 nitrogen and oxygen atoms in total. The van der Waals surface area contributed by atoms with Crippen molar-refractivity contribution in [3.05, 3.63) is 12.2 Å². The Morgan fingerprint density at radius 2 is 2.17 bits per heavy atom. The van der Waals surface area contributed by atoms with Gasteiger partial charge in [-0.15, -0.1) is 0 Å².